The van der Waals surface area contributed by atoms with Crippen molar-refractivity contribution in [2.45, 2.75) is 57.7 Å². The summed E-state index contributed by atoms with van der Waals surface area (Å²) in [6.07, 6.45) is 4.68. The number of ether oxygens (including phenoxy) is 1. The van der Waals surface area contributed by atoms with Gasteiger partial charge in [-0.2, -0.15) is 0 Å². The molecule has 2 unspecified atom stereocenters. The fourth-order valence-electron chi connectivity index (χ4n) is 4.02. The third-order valence-corrected chi connectivity index (χ3v) is 6.43. The van der Waals surface area contributed by atoms with Gasteiger partial charge in [0.15, 0.2) is 5.69 Å². The first kappa shape index (κ1) is 20.1. The average Bonchev–Trinajstić information content (AvgIpc) is 3.08. The van der Waals surface area contributed by atoms with Crippen LogP contribution in [0.25, 0.3) is 0 Å². The van der Waals surface area contributed by atoms with E-state index in [0.717, 1.165) is 32.4 Å². The van der Waals surface area contributed by atoms with Crippen molar-refractivity contribution >= 4 is 18.3 Å². The fourth-order valence-corrected chi connectivity index (χ4v) is 4.02. The first-order chi connectivity index (χ1) is 11.3. The van der Waals surface area contributed by atoms with Gasteiger partial charge in [0, 0.05) is 25.6 Å². The van der Waals surface area contributed by atoms with Crippen molar-refractivity contribution in [1.29, 1.82) is 0 Å². The standard InChI is InChI=1S/C17H29N5O2.ClH/c1-16(2)14(10-17(16,3)24-5)21(4)15(23)13-11-22(20-19-13)12-6-8-18-9-7-12;/h11-12,14,18H,6-10H2,1-5H3;1H. The Bertz CT molecular complexity index is 614. The van der Waals surface area contributed by atoms with Gasteiger partial charge in [-0.05, 0) is 39.3 Å². The van der Waals surface area contributed by atoms with Crippen LogP contribution in [0, 0.1) is 5.41 Å². The monoisotopic (exact) mass is 371 g/mol. The Labute approximate surface area is 155 Å². The lowest BCUT2D eigenvalue weighted by atomic mass is 9.55. The van der Waals surface area contributed by atoms with E-state index < -0.39 is 0 Å². The second-order valence-corrected chi connectivity index (χ2v) is 7.86. The van der Waals surface area contributed by atoms with Gasteiger partial charge in [-0.3, -0.25) is 4.79 Å². The average molecular weight is 372 g/mol. The van der Waals surface area contributed by atoms with Crippen LogP contribution in [-0.2, 0) is 4.74 Å². The molecule has 2 heterocycles. The molecule has 142 valence electrons. The second kappa shape index (κ2) is 7.21. The molecule has 2 fully saturated rings. The maximum Gasteiger partial charge on any atom is 0.276 e. The Morgan fingerprint density at radius 1 is 1.36 bits per heavy atom. The van der Waals surface area contributed by atoms with E-state index in [0.29, 0.717) is 11.7 Å². The van der Waals surface area contributed by atoms with Crippen LogP contribution < -0.4 is 5.32 Å². The number of halogens is 1. The summed E-state index contributed by atoms with van der Waals surface area (Å²) < 4.78 is 7.52. The molecular formula is C17H30ClN5O2. The van der Waals surface area contributed by atoms with Crippen LogP contribution in [-0.4, -0.2) is 64.7 Å². The van der Waals surface area contributed by atoms with Crippen molar-refractivity contribution in [2.75, 3.05) is 27.2 Å². The number of hydrogen-bond acceptors (Lipinski definition) is 5. The SMILES string of the molecule is COC1(C)CC(N(C)C(=O)c2cn(C3CCNCC3)nn2)C1(C)C.Cl. The Morgan fingerprint density at radius 2 is 2.00 bits per heavy atom. The summed E-state index contributed by atoms with van der Waals surface area (Å²) in [4.78, 5) is 14.6. The third-order valence-electron chi connectivity index (χ3n) is 6.43. The summed E-state index contributed by atoms with van der Waals surface area (Å²) in [7, 11) is 3.60. The van der Waals surface area contributed by atoms with Gasteiger partial charge >= 0.3 is 0 Å². The molecule has 2 aliphatic rings. The predicted octanol–water partition coefficient (Wildman–Crippen LogP) is 1.90. The van der Waals surface area contributed by atoms with E-state index in [1.807, 2.05) is 11.7 Å². The maximum atomic E-state index is 12.8. The van der Waals surface area contributed by atoms with Crippen molar-refractivity contribution in [3.63, 3.8) is 0 Å². The highest BCUT2D eigenvalue weighted by molar-refractivity contribution is 5.92. The lowest BCUT2D eigenvalue weighted by molar-refractivity contribution is -0.198. The molecule has 1 saturated carbocycles. The topological polar surface area (TPSA) is 72.3 Å². The maximum absolute atomic E-state index is 12.8. The first-order valence-corrected chi connectivity index (χ1v) is 8.75. The van der Waals surface area contributed by atoms with Crippen molar-refractivity contribution in [3.05, 3.63) is 11.9 Å². The van der Waals surface area contributed by atoms with Gasteiger partial charge in [0.1, 0.15) is 0 Å². The molecule has 1 saturated heterocycles. The molecular weight excluding hydrogens is 342 g/mol. The van der Waals surface area contributed by atoms with Crippen LogP contribution in [0.5, 0.6) is 0 Å². The lowest BCUT2D eigenvalue weighted by Gasteiger charge is -2.61. The first-order valence-electron chi connectivity index (χ1n) is 8.75. The lowest BCUT2D eigenvalue weighted by Crippen LogP contribution is -2.68. The van der Waals surface area contributed by atoms with E-state index in [4.69, 9.17) is 4.74 Å². The largest absolute Gasteiger partial charge is 0.378 e. The molecule has 1 aliphatic carbocycles. The molecule has 0 aromatic carbocycles. The quantitative estimate of drug-likeness (QED) is 0.875. The molecule has 0 bridgehead atoms. The van der Waals surface area contributed by atoms with Gasteiger partial charge in [0.05, 0.1) is 17.8 Å². The summed E-state index contributed by atoms with van der Waals surface area (Å²) in [5.41, 5.74) is 0.133. The Morgan fingerprint density at radius 3 is 2.56 bits per heavy atom. The highest BCUT2D eigenvalue weighted by Crippen LogP contribution is 2.53. The van der Waals surface area contributed by atoms with Crippen molar-refractivity contribution < 1.29 is 9.53 Å². The predicted molar refractivity (Wildman–Crippen MR) is 98.1 cm³/mol. The Balaban J connectivity index is 0.00000225. The minimum atomic E-state index is -0.196. The number of carbonyl (C=O) groups is 1. The Kier molecular flexibility index (Phi) is 5.81. The van der Waals surface area contributed by atoms with Crippen LogP contribution in [0.3, 0.4) is 0 Å². The van der Waals surface area contributed by atoms with Crippen LogP contribution in [0.15, 0.2) is 6.20 Å². The van der Waals surface area contributed by atoms with Crippen LogP contribution in [0.2, 0.25) is 0 Å². The third kappa shape index (κ3) is 3.29. The van der Waals surface area contributed by atoms with Gasteiger partial charge in [-0.25, -0.2) is 4.68 Å². The number of aromatic nitrogens is 3. The van der Waals surface area contributed by atoms with E-state index in [-0.39, 0.29) is 35.4 Å². The van der Waals surface area contributed by atoms with E-state index in [1.54, 1.807) is 18.2 Å². The number of amides is 1. The molecule has 1 amide bonds. The zero-order valence-electron chi connectivity index (χ0n) is 15.8. The van der Waals surface area contributed by atoms with Gasteiger partial charge in [-0.15, -0.1) is 17.5 Å². The molecule has 2 atom stereocenters. The minimum Gasteiger partial charge on any atom is -0.378 e. The molecule has 25 heavy (non-hydrogen) atoms. The highest BCUT2D eigenvalue weighted by atomic mass is 35.5. The van der Waals surface area contributed by atoms with Gasteiger partial charge in [0.2, 0.25) is 0 Å². The molecule has 1 aliphatic heterocycles. The van der Waals surface area contributed by atoms with Gasteiger partial charge < -0.3 is 15.0 Å². The Hall–Kier alpha value is -1.18. The molecule has 1 N–H and O–H groups in total. The molecule has 1 aromatic heterocycles. The summed E-state index contributed by atoms with van der Waals surface area (Å²) in [6, 6.07) is 0.474. The zero-order valence-corrected chi connectivity index (χ0v) is 16.6. The van der Waals surface area contributed by atoms with E-state index >= 15 is 0 Å². The molecule has 1 aromatic rings. The minimum absolute atomic E-state index is 0. The number of methoxy groups -OCH3 is 1. The van der Waals surface area contributed by atoms with Gasteiger partial charge in [-0.1, -0.05) is 19.1 Å². The second-order valence-electron chi connectivity index (χ2n) is 7.86. The van der Waals surface area contributed by atoms with Gasteiger partial charge in [0.25, 0.3) is 5.91 Å². The normalized spacial score (nSPS) is 28.8. The van der Waals surface area contributed by atoms with E-state index in [2.05, 4.69) is 36.4 Å². The van der Waals surface area contributed by atoms with Crippen LogP contribution in [0.4, 0.5) is 0 Å². The summed E-state index contributed by atoms with van der Waals surface area (Å²) in [6.45, 7) is 8.38. The van der Waals surface area contributed by atoms with Crippen molar-refractivity contribution in [2.24, 2.45) is 5.41 Å². The molecule has 7 nitrogen and oxygen atoms in total. The van der Waals surface area contributed by atoms with E-state index in [1.165, 1.54) is 0 Å². The summed E-state index contributed by atoms with van der Waals surface area (Å²) in [5, 5.41) is 11.7. The summed E-state index contributed by atoms with van der Waals surface area (Å²) >= 11 is 0. The molecule has 8 heteroatoms. The smallest absolute Gasteiger partial charge is 0.276 e. The van der Waals surface area contributed by atoms with Crippen LogP contribution in [0.1, 0.15) is 56.6 Å². The number of nitrogens with zero attached hydrogens (tertiary/aromatic N) is 4. The highest BCUT2D eigenvalue weighted by Gasteiger charge is 2.60. The molecule has 0 radical (unpaired) electrons. The summed E-state index contributed by atoms with van der Waals surface area (Å²) in [5.74, 6) is -0.0635. The van der Waals surface area contributed by atoms with Crippen molar-refractivity contribution in [3.8, 4) is 0 Å². The number of carbonyl (C=O) groups excluding carboxylic acids is 1. The molecule has 3 rings (SSSR count). The number of nitrogens with one attached hydrogen (secondary N) is 1. The number of piperidine rings is 1. The number of rotatable bonds is 4. The van der Waals surface area contributed by atoms with Crippen LogP contribution >= 0.6 is 12.4 Å². The molecule has 0 spiro atoms. The fraction of sp³-hybridized carbons (Fsp3) is 0.824. The van der Waals surface area contributed by atoms with E-state index in [9.17, 15) is 4.79 Å². The zero-order chi connectivity index (χ0) is 17.5. The van der Waals surface area contributed by atoms with Crippen molar-refractivity contribution in [1.82, 2.24) is 25.2 Å². The number of hydrogen-bond donors (Lipinski definition) is 1.